The molecule has 1 atom stereocenters. The van der Waals surface area contributed by atoms with Crippen molar-refractivity contribution in [2.24, 2.45) is 11.7 Å². The number of carbonyl (C=O) groups is 1. The fraction of sp³-hybridized carbons (Fsp3) is 0.533. The summed E-state index contributed by atoms with van der Waals surface area (Å²) in [5.74, 6) is -0.651. The van der Waals surface area contributed by atoms with Crippen molar-refractivity contribution in [2.45, 2.75) is 38.9 Å². The topological polar surface area (TPSA) is 55.1 Å². The van der Waals surface area contributed by atoms with Crippen LogP contribution in [0.4, 0.5) is 13.2 Å². The van der Waals surface area contributed by atoms with Crippen LogP contribution in [-0.2, 0) is 17.4 Å². The average Bonchev–Trinajstić information content (AvgIpc) is 2.37. The third-order valence-corrected chi connectivity index (χ3v) is 3.22. The SMILES string of the molecule is CC(Cc1cccc(C(F)(F)F)c1)C(=O)NC(C)(C)CN.Cl. The maximum absolute atomic E-state index is 12.6. The molecule has 1 unspecified atom stereocenters. The number of hydrogen-bond acceptors (Lipinski definition) is 2. The Morgan fingerprint density at radius 3 is 2.41 bits per heavy atom. The minimum Gasteiger partial charge on any atom is -0.350 e. The molecule has 0 spiro atoms. The van der Waals surface area contributed by atoms with E-state index in [-0.39, 0.29) is 31.3 Å². The maximum atomic E-state index is 12.6. The van der Waals surface area contributed by atoms with Gasteiger partial charge < -0.3 is 11.1 Å². The van der Waals surface area contributed by atoms with Gasteiger partial charge in [0.2, 0.25) is 5.91 Å². The Morgan fingerprint density at radius 1 is 1.32 bits per heavy atom. The zero-order valence-electron chi connectivity index (χ0n) is 12.8. The fourth-order valence-corrected chi connectivity index (χ4v) is 1.83. The van der Waals surface area contributed by atoms with Crippen LogP contribution < -0.4 is 11.1 Å². The molecular formula is C15H22ClF3N2O. The lowest BCUT2D eigenvalue weighted by Gasteiger charge is -2.26. The minimum atomic E-state index is -4.37. The molecule has 1 aromatic carbocycles. The van der Waals surface area contributed by atoms with Gasteiger partial charge in [0, 0.05) is 18.0 Å². The normalized spacial score (nSPS) is 13.2. The van der Waals surface area contributed by atoms with Crippen LogP contribution in [0.3, 0.4) is 0 Å². The highest BCUT2D eigenvalue weighted by molar-refractivity contribution is 5.85. The van der Waals surface area contributed by atoms with Crippen molar-refractivity contribution in [1.29, 1.82) is 0 Å². The summed E-state index contributed by atoms with van der Waals surface area (Å²) in [5.41, 5.74) is 4.79. The molecule has 7 heteroatoms. The molecule has 3 nitrogen and oxygen atoms in total. The zero-order chi connectivity index (χ0) is 16.3. The van der Waals surface area contributed by atoms with Gasteiger partial charge in [-0.3, -0.25) is 4.79 Å². The van der Waals surface area contributed by atoms with E-state index in [1.165, 1.54) is 6.07 Å². The first-order chi connectivity index (χ1) is 9.55. The maximum Gasteiger partial charge on any atom is 0.416 e. The molecule has 0 saturated heterocycles. The summed E-state index contributed by atoms with van der Waals surface area (Å²) in [6.07, 6.45) is -4.13. The molecule has 3 N–H and O–H groups in total. The van der Waals surface area contributed by atoms with Gasteiger partial charge in [-0.2, -0.15) is 13.2 Å². The number of rotatable bonds is 5. The van der Waals surface area contributed by atoms with Gasteiger partial charge >= 0.3 is 6.18 Å². The smallest absolute Gasteiger partial charge is 0.350 e. The van der Waals surface area contributed by atoms with Gasteiger partial charge in [0.25, 0.3) is 0 Å². The number of nitrogens with one attached hydrogen (secondary N) is 1. The number of halogens is 4. The molecule has 0 saturated carbocycles. The Labute approximate surface area is 134 Å². The Bertz CT molecular complexity index is 504. The molecule has 0 heterocycles. The molecule has 1 aromatic rings. The summed E-state index contributed by atoms with van der Waals surface area (Å²) < 4.78 is 37.9. The Hall–Kier alpha value is -1.27. The quantitative estimate of drug-likeness (QED) is 0.866. The van der Waals surface area contributed by atoms with Gasteiger partial charge in [-0.05, 0) is 31.9 Å². The largest absolute Gasteiger partial charge is 0.416 e. The Kier molecular flexibility index (Phi) is 7.38. The molecule has 1 amide bonds. The monoisotopic (exact) mass is 338 g/mol. The second-order valence-corrected chi connectivity index (χ2v) is 5.88. The van der Waals surface area contributed by atoms with E-state index in [1.807, 2.05) is 0 Å². The van der Waals surface area contributed by atoms with Gasteiger partial charge in [-0.1, -0.05) is 25.1 Å². The summed E-state index contributed by atoms with van der Waals surface area (Å²) in [7, 11) is 0. The number of alkyl halides is 3. The van der Waals surface area contributed by atoms with Crippen molar-refractivity contribution < 1.29 is 18.0 Å². The van der Waals surface area contributed by atoms with E-state index in [1.54, 1.807) is 26.8 Å². The van der Waals surface area contributed by atoms with Crippen LogP contribution in [0, 0.1) is 5.92 Å². The molecular weight excluding hydrogens is 317 g/mol. The summed E-state index contributed by atoms with van der Waals surface area (Å²) in [6.45, 7) is 5.56. The lowest BCUT2D eigenvalue weighted by molar-refractivity contribution is -0.137. The summed E-state index contributed by atoms with van der Waals surface area (Å²) >= 11 is 0. The van der Waals surface area contributed by atoms with Crippen LogP contribution in [0.15, 0.2) is 24.3 Å². The molecule has 0 aliphatic carbocycles. The highest BCUT2D eigenvalue weighted by Gasteiger charge is 2.30. The summed E-state index contributed by atoms with van der Waals surface area (Å²) in [4.78, 5) is 12.0. The van der Waals surface area contributed by atoms with Crippen LogP contribution in [0.1, 0.15) is 31.9 Å². The predicted molar refractivity (Wildman–Crippen MR) is 82.8 cm³/mol. The molecule has 0 aliphatic rings. The third kappa shape index (κ3) is 6.23. The Morgan fingerprint density at radius 2 is 1.91 bits per heavy atom. The van der Waals surface area contributed by atoms with E-state index in [0.29, 0.717) is 5.56 Å². The Balaban J connectivity index is 0.00000441. The third-order valence-electron chi connectivity index (χ3n) is 3.22. The van der Waals surface area contributed by atoms with Gasteiger partial charge in [-0.15, -0.1) is 12.4 Å². The molecule has 126 valence electrons. The molecule has 0 bridgehead atoms. The van der Waals surface area contributed by atoms with Gasteiger partial charge in [0.15, 0.2) is 0 Å². The molecule has 1 rings (SSSR count). The zero-order valence-corrected chi connectivity index (χ0v) is 13.6. The van der Waals surface area contributed by atoms with Crippen LogP contribution in [-0.4, -0.2) is 18.0 Å². The average molecular weight is 339 g/mol. The first-order valence-corrected chi connectivity index (χ1v) is 6.73. The number of benzene rings is 1. The second kappa shape index (κ2) is 7.83. The molecule has 0 fully saturated rings. The van der Waals surface area contributed by atoms with Gasteiger partial charge in [0.1, 0.15) is 0 Å². The lowest BCUT2D eigenvalue weighted by Crippen LogP contribution is -2.50. The fourth-order valence-electron chi connectivity index (χ4n) is 1.83. The number of amides is 1. The van der Waals surface area contributed by atoms with Crippen LogP contribution in [0.2, 0.25) is 0 Å². The first-order valence-electron chi connectivity index (χ1n) is 6.73. The van der Waals surface area contributed by atoms with Crippen molar-refractivity contribution in [1.82, 2.24) is 5.32 Å². The van der Waals surface area contributed by atoms with Gasteiger partial charge in [-0.25, -0.2) is 0 Å². The lowest BCUT2D eigenvalue weighted by atomic mass is 9.97. The first kappa shape index (κ1) is 20.7. The van der Waals surface area contributed by atoms with Crippen molar-refractivity contribution in [3.05, 3.63) is 35.4 Å². The number of nitrogens with two attached hydrogens (primary N) is 1. The standard InChI is InChI=1S/C15H21F3N2O.ClH/c1-10(13(21)20-14(2,3)9-19)7-11-5-4-6-12(8-11)15(16,17)18;/h4-6,8,10H,7,9,19H2,1-3H3,(H,20,21);1H. The highest BCUT2D eigenvalue weighted by atomic mass is 35.5. The van der Waals surface area contributed by atoms with E-state index < -0.39 is 23.2 Å². The van der Waals surface area contributed by atoms with Gasteiger partial charge in [0.05, 0.1) is 5.56 Å². The highest BCUT2D eigenvalue weighted by Crippen LogP contribution is 2.30. The van der Waals surface area contributed by atoms with E-state index >= 15 is 0 Å². The van der Waals surface area contributed by atoms with Crippen LogP contribution in [0.25, 0.3) is 0 Å². The van der Waals surface area contributed by atoms with E-state index in [0.717, 1.165) is 12.1 Å². The molecule has 22 heavy (non-hydrogen) atoms. The van der Waals surface area contributed by atoms with E-state index in [9.17, 15) is 18.0 Å². The van der Waals surface area contributed by atoms with Crippen LogP contribution >= 0.6 is 12.4 Å². The number of carbonyl (C=O) groups excluding carboxylic acids is 1. The summed E-state index contributed by atoms with van der Waals surface area (Å²) in [5, 5.41) is 2.78. The number of hydrogen-bond donors (Lipinski definition) is 2. The van der Waals surface area contributed by atoms with Crippen molar-refractivity contribution >= 4 is 18.3 Å². The van der Waals surface area contributed by atoms with Crippen LogP contribution in [0.5, 0.6) is 0 Å². The molecule has 0 radical (unpaired) electrons. The van der Waals surface area contributed by atoms with E-state index in [4.69, 9.17) is 5.73 Å². The van der Waals surface area contributed by atoms with E-state index in [2.05, 4.69) is 5.32 Å². The van der Waals surface area contributed by atoms with Crippen molar-refractivity contribution in [2.75, 3.05) is 6.54 Å². The summed E-state index contributed by atoms with van der Waals surface area (Å²) in [6, 6.07) is 5.04. The minimum absolute atomic E-state index is 0. The second-order valence-electron chi connectivity index (χ2n) is 5.88. The predicted octanol–water partition coefficient (Wildman–Crippen LogP) is 3.16. The molecule has 0 aliphatic heterocycles. The molecule has 0 aromatic heterocycles. The van der Waals surface area contributed by atoms with Crippen molar-refractivity contribution in [3.63, 3.8) is 0 Å². The van der Waals surface area contributed by atoms with Crippen molar-refractivity contribution in [3.8, 4) is 0 Å².